The molecule has 1 N–H and O–H groups in total. The van der Waals surface area contributed by atoms with Gasteiger partial charge in [-0.3, -0.25) is 9.36 Å². The number of nitrogens with zero attached hydrogens (tertiary/aromatic N) is 2. The van der Waals surface area contributed by atoms with Gasteiger partial charge >= 0.3 is 0 Å². The highest BCUT2D eigenvalue weighted by atomic mass is 32.1. The van der Waals surface area contributed by atoms with Gasteiger partial charge in [0, 0.05) is 25.3 Å². The number of rotatable bonds is 4. The van der Waals surface area contributed by atoms with Crippen LogP contribution in [0.4, 0.5) is 5.69 Å². The lowest BCUT2D eigenvalue weighted by atomic mass is 9.97. The SMILES string of the molecule is O=c1c2cc(N3CCOCC3)ccc2[nH]c(=S)n1CCC1=CCCCC1. The van der Waals surface area contributed by atoms with Gasteiger partial charge in [-0.15, -0.1) is 0 Å². The smallest absolute Gasteiger partial charge is 0.262 e. The lowest BCUT2D eigenvalue weighted by Gasteiger charge is -2.29. The number of allylic oxidation sites excluding steroid dienone is 2. The van der Waals surface area contributed by atoms with E-state index in [1.54, 1.807) is 4.57 Å². The highest BCUT2D eigenvalue weighted by Crippen LogP contribution is 2.22. The fraction of sp³-hybridized carbons (Fsp3) is 0.500. The Morgan fingerprint density at radius 1 is 1.19 bits per heavy atom. The Morgan fingerprint density at radius 3 is 2.81 bits per heavy atom. The van der Waals surface area contributed by atoms with Gasteiger partial charge in [0.2, 0.25) is 0 Å². The van der Waals surface area contributed by atoms with Crippen molar-refractivity contribution in [2.45, 2.75) is 38.6 Å². The molecule has 0 atom stereocenters. The number of benzene rings is 1. The molecule has 6 heteroatoms. The molecule has 0 radical (unpaired) electrons. The molecule has 2 aromatic rings. The molecule has 0 amide bonds. The number of aromatic nitrogens is 2. The van der Waals surface area contributed by atoms with Crippen LogP contribution in [0.3, 0.4) is 0 Å². The number of H-pyrrole nitrogens is 1. The maximum atomic E-state index is 13.1. The number of hydrogen-bond acceptors (Lipinski definition) is 4. The Bertz CT molecular complexity index is 938. The predicted molar refractivity (Wildman–Crippen MR) is 108 cm³/mol. The summed E-state index contributed by atoms with van der Waals surface area (Å²) in [7, 11) is 0. The van der Waals surface area contributed by atoms with Crippen molar-refractivity contribution in [2.75, 3.05) is 31.2 Å². The molecule has 1 saturated heterocycles. The molecule has 5 nitrogen and oxygen atoms in total. The number of nitrogens with one attached hydrogen (secondary N) is 1. The minimum atomic E-state index is 0.00951. The zero-order chi connectivity index (χ0) is 17.9. The third-order valence-electron chi connectivity index (χ3n) is 5.38. The number of morpholine rings is 1. The minimum absolute atomic E-state index is 0.00951. The summed E-state index contributed by atoms with van der Waals surface area (Å²) in [5.74, 6) is 0. The summed E-state index contributed by atoms with van der Waals surface area (Å²) in [6.07, 6.45) is 8.10. The van der Waals surface area contributed by atoms with E-state index < -0.39 is 0 Å². The third-order valence-corrected chi connectivity index (χ3v) is 5.71. The number of ether oxygens (including phenoxy) is 1. The molecule has 0 spiro atoms. The molecule has 1 fully saturated rings. The van der Waals surface area contributed by atoms with Gasteiger partial charge < -0.3 is 14.6 Å². The van der Waals surface area contributed by atoms with Crippen LogP contribution in [0.25, 0.3) is 10.9 Å². The van der Waals surface area contributed by atoms with E-state index in [0.717, 1.165) is 56.8 Å². The standard InChI is InChI=1S/C20H25N3O2S/c24-19-17-14-16(22-10-12-25-13-11-22)6-7-18(17)21-20(26)23(19)9-8-15-4-2-1-3-5-15/h4,6-7,14H,1-3,5,8-13H2,(H,21,26). The van der Waals surface area contributed by atoms with Crippen molar-refractivity contribution in [1.29, 1.82) is 0 Å². The summed E-state index contributed by atoms with van der Waals surface area (Å²) in [5.41, 5.74) is 3.35. The van der Waals surface area contributed by atoms with Crippen LogP contribution in [0, 0.1) is 4.77 Å². The molecule has 1 aliphatic carbocycles. The number of fused-ring (bicyclic) bond motifs is 1. The van der Waals surface area contributed by atoms with Crippen molar-refractivity contribution >= 4 is 28.8 Å². The fourth-order valence-electron chi connectivity index (χ4n) is 3.85. The van der Waals surface area contributed by atoms with Crippen LogP contribution < -0.4 is 10.5 Å². The van der Waals surface area contributed by atoms with Crippen LogP contribution >= 0.6 is 12.2 Å². The molecule has 4 rings (SSSR count). The molecule has 1 aromatic heterocycles. The van der Waals surface area contributed by atoms with Gasteiger partial charge in [-0.2, -0.15) is 0 Å². The topological polar surface area (TPSA) is 50.3 Å². The third kappa shape index (κ3) is 3.62. The van der Waals surface area contributed by atoms with Crippen LogP contribution in [-0.4, -0.2) is 35.9 Å². The van der Waals surface area contributed by atoms with Crippen molar-refractivity contribution < 1.29 is 4.74 Å². The zero-order valence-electron chi connectivity index (χ0n) is 15.0. The van der Waals surface area contributed by atoms with Crippen molar-refractivity contribution in [3.63, 3.8) is 0 Å². The minimum Gasteiger partial charge on any atom is -0.378 e. The van der Waals surface area contributed by atoms with Crippen molar-refractivity contribution in [1.82, 2.24) is 9.55 Å². The second-order valence-corrected chi connectivity index (χ2v) is 7.46. The molecule has 0 bridgehead atoms. The van der Waals surface area contributed by atoms with Gasteiger partial charge in [0.1, 0.15) is 0 Å². The van der Waals surface area contributed by atoms with Crippen LogP contribution in [0.15, 0.2) is 34.6 Å². The summed E-state index contributed by atoms with van der Waals surface area (Å²) >= 11 is 5.45. The van der Waals surface area contributed by atoms with Gasteiger partial charge in [0.25, 0.3) is 5.56 Å². The Kier molecular flexibility index (Phi) is 5.22. The first kappa shape index (κ1) is 17.5. The summed E-state index contributed by atoms with van der Waals surface area (Å²) in [6, 6.07) is 6.01. The van der Waals surface area contributed by atoms with E-state index in [-0.39, 0.29) is 5.56 Å². The normalized spacial score (nSPS) is 18.2. The van der Waals surface area contributed by atoms with E-state index in [2.05, 4.69) is 22.0 Å². The van der Waals surface area contributed by atoms with E-state index in [0.29, 0.717) is 16.7 Å². The number of aromatic amines is 1. The summed E-state index contributed by atoms with van der Waals surface area (Å²) in [5, 5.41) is 0.709. The Labute approximate surface area is 158 Å². The molecule has 0 unspecified atom stereocenters. The highest BCUT2D eigenvalue weighted by molar-refractivity contribution is 7.71. The predicted octanol–water partition coefficient (Wildman–Crippen LogP) is 3.79. The van der Waals surface area contributed by atoms with Gasteiger partial charge in [-0.05, 0) is 62.5 Å². The Hall–Kier alpha value is -1.92. The maximum absolute atomic E-state index is 13.1. The van der Waals surface area contributed by atoms with Gasteiger partial charge in [-0.1, -0.05) is 11.6 Å². The van der Waals surface area contributed by atoms with E-state index in [1.807, 2.05) is 12.1 Å². The Morgan fingerprint density at radius 2 is 2.04 bits per heavy atom. The maximum Gasteiger partial charge on any atom is 0.262 e. The first-order valence-corrected chi connectivity index (χ1v) is 9.91. The van der Waals surface area contributed by atoms with Crippen molar-refractivity contribution in [3.8, 4) is 0 Å². The number of anilines is 1. The molecule has 2 aliphatic rings. The summed E-state index contributed by atoms with van der Waals surface area (Å²) < 4.78 is 7.65. The molecule has 2 heterocycles. The van der Waals surface area contributed by atoms with E-state index in [1.165, 1.54) is 18.4 Å². The first-order valence-electron chi connectivity index (χ1n) is 9.50. The van der Waals surface area contributed by atoms with Crippen LogP contribution in [0.1, 0.15) is 32.1 Å². The summed E-state index contributed by atoms with van der Waals surface area (Å²) in [6.45, 7) is 3.83. The zero-order valence-corrected chi connectivity index (χ0v) is 15.8. The number of hydrogen-bond donors (Lipinski definition) is 1. The van der Waals surface area contributed by atoms with E-state index in [4.69, 9.17) is 17.0 Å². The van der Waals surface area contributed by atoms with Gasteiger partial charge in [0.15, 0.2) is 4.77 Å². The quantitative estimate of drug-likeness (QED) is 0.656. The Balaban J connectivity index is 1.65. The lowest BCUT2D eigenvalue weighted by molar-refractivity contribution is 0.122. The van der Waals surface area contributed by atoms with Crippen LogP contribution in [-0.2, 0) is 11.3 Å². The van der Waals surface area contributed by atoms with E-state index in [9.17, 15) is 4.79 Å². The molecule has 0 saturated carbocycles. The summed E-state index contributed by atoms with van der Waals surface area (Å²) in [4.78, 5) is 18.6. The average Bonchev–Trinajstić information content (AvgIpc) is 2.69. The van der Waals surface area contributed by atoms with Crippen LogP contribution in [0.2, 0.25) is 0 Å². The molecule has 138 valence electrons. The lowest BCUT2D eigenvalue weighted by Crippen LogP contribution is -2.36. The second-order valence-electron chi connectivity index (χ2n) is 7.07. The van der Waals surface area contributed by atoms with E-state index >= 15 is 0 Å². The molecule has 26 heavy (non-hydrogen) atoms. The monoisotopic (exact) mass is 371 g/mol. The second kappa shape index (κ2) is 7.76. The molecule has 1 aliphatic heterocycles. The molecular formula is C20H25N3O2S. The fourth-order valence-corrected chi connectivity index (χ4v) is 4.13. The van der Waals surface area contributed by atoms with Gasteiger partial charge in [-0.25, -0.2) is 0 Å². The molecular weight excluding hydrogens is 346 g/mol. The molecule has 1 aromatic carbocycles. The highest BCUT2D eigenvalue weighted by Gasteiger charge is 2.14. The largest absolute Gasteiger partial charge is 0.378 e. The van der Waals surface area contributed by atoms with Gasteiger partial charge in [0.05, 0.1) is 24.1 Å². The van der Waals surface area contributed by atoms with Crippen molar-refractivity contribution in [3.05, 3.63) is 45.0 Å². The average molecular weight is 372 g/mol. The van der Waals surface area contributed by atoms with Crippen LogP contribution in [0.5, 0.6) is 0 Å². The first-order chi connectivity index (χ1) is 12.7. The van der Waals surface area contributed by atoms with Crippen molar-refractivity contribution in [2.24, 2.45) is 0 Å².